The van der Waals surface area contributed by atoms with Crippen LogP contribution in [0.15, 0.2) is 53.3 Å². The molecular formula is C25H32BrNO3Si. The quantitative estimate of drug-likeness (QED) is 0.283. The van der Waals surface area contributed by atoms with Crippen molar-refractivity contribution in [3.63, 3.8) is 0 Å². The van der Waals surface area contributed by atoms with Gasteiger partial charge in [-0.3, -0.25) is 4.79 Å². The third kappa shape index (κ3) is 5.30. The largest absolute Gasteiger partial charge is 0.486 e. The Morgan fingerprint density at radius 3 is 2.39 bits per heavy atom. The van der Waals surface area contributed by atoms with Crippen molar-refractivity contribution in [2.45, 2.75) is 58.5 Å². The van der Waals surface area contributed by atoms with Gasteiger partial charge in [-0.25, -0.2) is 0 Å². The molecular weight excluding hydrogens is 470 g/mol. The molecule has 2 aromatic carbocycles. The Kier molecular flexibility index (Phi) is 7.13. The summed E-state index contributed by atoms with van der Waals surface area (Å²) in [4.78, 5) is 15.2. The summed E-state index contributed by atoms with van der Waals surface area (Å²) in [5.74, 6) is 0.709. The lowest BCUT2D eigenvalue weighted by Crippen LogP contribution is -2.42. The standard InChI is InChI=1S/C25H32BrNO3Si/c1-17-14-20(21(15-26)30-31(5,6)25(2,3)4)19-12-13-22(28)27-23(19)24(17)29-16-18-10-8-7-9-11-18/h7-14,21H,15-16H2,1-6H3,(H,27,28)/t21-/m0/s1. The summed E-state index contributed by atoms with van der Waals surface area (Å²) < 4.78 is 13.0. The zero-order valence-electron chi connectivity index (χ0n) is 19.2. The van der Waals surface area contributed by atoms with Crippen LogP contribution in [-0.2, 0) is 11.0 Å². The van der Waals surface area contributed by atoms with E-state index in [1.807, 2.05) is 43.3 Å². The molecule has 0 unspecified atom stereocenters. The van der Waals surface area contributed by atoms with Crippen molar-refractivity contribution >= 4 is 35.2 Å². The molecule has 166 valence electrons. The molecule has 1 aromatic heterocycles. The molecule has 1 heterocycles. The topological polar surface area (TPSA) is 51.3 Å². The van der Waals surface area contributed by atoms with Crippen molar-refractivity contribution in [1.82, 2.24) is 4.98 Å². The lowest BCUT2D eigenvalue weighted by atomic mass is 10.00. The predicted molar refractivity (Wildman–Crippen MR) is 135 cm³/mol. The first-order valence-corrected chi connectivity index (χ1v) is 14.6. The molecule has 0 aliphatic heterocycles. The van der Waals surface area contributed by atoms with Gasteiger partial charge in [-0.2, -0.15) is 0 Å². The number of benzene rings is 2. The van der Waals surface area contributed by atoms with Crippen LogP contribution >= 0.6 is 15.9 Å². The zero-order valence-corrected chi connectivity index (χ0v) is 21.8. The number of fused-ring (bicyclic) bond motifs is 1. The molecule has 3 rings (SSSR count). The molecule has 0 amide bonds. The van der Waals surface area contributed by atoms with Gasteiger partial charge in [0, 0.05) is 16.8 Å². The summed E-state index contributed by atoms with van der Waals surface area (Å²) in [5, 5.41) is 1.74. The van der Waals surface area contributed by atoms with Gasteiger partial charge in [0.25, 0.3) is 0 Å². The van der Waals surface area contributed by atoms with Crippen molar-refractivity contribution in [1.29, 1.82) is 0 Å². The third-order valence-electron chi connectivity index (χ3n) is 6.14. The fourth-order valence-electron chi connectivity index (χ4n) is 3.36. The van der Waals surface area contributed by atoms with E-state index in [4.69, 9.17) is 9.16 Å². The van der Waals surface area contributed by atoms with Crippen LogP contribution in [0.1, 0.15) is 43.6 Å². The summed E-state index contributed by atoms with van der Waals surface area (Å²) in [6, 6.07) is 15.6. The van der Waals surface area contributed by atoms with E-state index < -0.39 is 8.32 Å². The maximum Gasteiger partial charge on any atom is 0.248 e. The number of hydrogen-bond donors (Lipinski definition) is 1. The maximum absolute atomic E-state index is 12.2. The van der Waals surface area contributed by atoms with Crippen LogP contribution in [-0.4, -0.2) is 18.6 Å². The predicted octanol–water partition coefficient (Wildman–Crippen LogP) is 6.87. The van der Waals surface area contributed by atoms with Crippen LogP contribution in [0.5, 0.6) is 5.75 Å². The highest BCUT2D eigenvalue weighted by atomic mass is 79.9. The normalized spacial score (nSPS) is 13.4. The Bertz CT molecular complexity index is 1100. The molecule has 3 aromatic rings. The van der Waals surface area contributed by atoms with Gasteiger partial charge < -0.3 is 14.1 Å². The first-order chi connectivity index (χ1) is 14.5. The van der Waals surface area contributed by atoms with Gasteiger partial charge in [0.05, 0.1) is 11.6 Å². The molecule has 0 saturated heterocycles. The minimum absolute atomic E-state index is 0.102. The number of rotatable bonds is 7. The first-order valence-electron chi connectivity index (χ1n) is 10.6. The van der Waals surface area contributed by atoms with Crippen molar-refractivity contribution in [2.24, 2.45) is 0 Å². The van der Waals surface area contributed by atoms with Crippen LogP contribution in [0, 0.1) is 6.92 Å². The number of aryl methyl sites for hydroxylation is 1. The van der Waals surface area contributed by atoms with E-state index in [-0.39, 0.29) is 16.7 Å². The molecule has 0 aliphatic carbocycles. The molecule has 6 heteroatoms. The number of H-pyrrole nitrogens is 1. The molecule has 0 bridgehead atoms. The van der Waals surface area contributed by atoms with E-state index in [1.54, 1.807) is 6.07 Å². The highest BCUT2D eigenvalue weighted by Crippen LogP contribution is 2.42. The monoisotopic (exact) mass is 501 g/mol. The number of hydrogen-bond acceptors (Lipinski definition) is 3. The van der Waals surface area contributed by atoms with Gasteiger partial charge in [0.1, 0.15) is 12.4 Å². The summed E-state index contributed by atoms with van der Waals surface area (Å²) in [5.41, 5.74) is 3.71. The van der Waals surface area contributed by atoms with Crippen molar-refractivity contribution in [3.05, 3.63) is 75.6 Å². The average Bonchev–Trinajstić information content (AvgIpc) is 2.70. The van der Waals surface area contributed by atoms with E-state index in [9.17, 15) is 4.79 Å². The molecule has 1 atom stereocenters. The van der Waals surface area contributed by atoms with Gasteiger partial charge in [-0.15, -0.1) is 0 Å². The van der Waals surface area contributed by atoms with Crippen LogP contribution in [0.4, 0.5) is 0 Å². The van der Waals surface area contributed by atoms with Crippen molar-refractivity contribution < 1.29 is 9.16 Å². The molecule has 0 spiro atoms. The summed E-state index contributed by atoms with van der Waals surface area (Å²) in [6.07, 6.45) is -0.115. The maximum atomic E-state index is 12.2. The number of aromatic amines is 1. The Morgan fingerprint density at radius 1 is 1.10 bits per heavy atom. The minimum atomic E-state index is -1.99. The van der Waals surface area contributed by atoms with Crippen LogP contribution in [0.2, 0.25) is 18.1 Å². The van der Waals surface area contributed by atoms with Gasteiger partial charge >= 0.3 is 0 Å². The lowest BCUT2D eigenvalue weighted by molar-refractivity contribution is 0.210. The number of nitrogens with one attached hydrogen (secondary N) is 1. The Balaban J connectivity index is 2.06. The Labute approximate surface area is 194 Å². The fourth-order valence-corrected chi connectivity index (χ4v) is 5.36. The van der Waals surface area contributed by atoms with E-state index in [0.29, 0.717) is 17.7 Å². The zero-order chi connectivity index (χ0) is 22.8. The van der Waals surface area contributed by atoms with Gasteiger partial charge in [0.2, 0.25) is 5.56 Å². The highest BCUT2D eigenvalue weighted by Gasteiger charge is 2.39. The third-order valence-corrected chi connectivity index (χ3v) is 11.2. The lowest BCUT2D eigenvalue weighted by Gasteiger charge is -2.39. The first kappa shape index (κ1) is 23.8. The van der Waals surface area contributed by atoms with Gasteiger partial charge in [-0.05, 0) is 53.9 Å². The SMILES string of the molecule is Cc1cc([C@H](CBr)O[Si](C)(C)C(C)(C)C)c2ccc(=O)[nH]c2c1OCc1ccccc1. The number of alkyl halides is 1. The number of aromatic nitrogens is 1. The van der Waals surface area contributed by atoms with Gasteiger partial charge in [-0.1, -0.05) is 67.0 Å². The van der Waals surface area contributed by atoms with E-state index >= 15 is 0 Å². The Morgan fingerprint density at radius 2 is 1.77 bits per heavy atom. The fraction of sp³-hybridized carbons (Fsp3) is 0.400. The summed E-state index contributed by atoms with van der Waals surface area (Å²) >= 11 is 3.67. The van der Waals surface area contributed by atoms with E-state index in [2.05, 4.69) is 60.8 Å². The van der Waals surface area contributed by atoms with Gasteiger partial charge in [0.15, 0.2) is 8.32 Å². The van der Waals surface area contributed by atoms with Crippen LogP contribution < -0.4 is 10.3 Å². The second kappa shape index (κ2) is 9.31. The average molecular weight is 503 g/mol. The smallest absolute Gasteiger partial charge is 0.248 e. The van der Waals surface area contributed by atoms with E-state index in [1.165, 1.54) is 0 Å². The minimum Gasteiger partial charge on any atom is -0.486 e. The number of ether oxygens (including phenoxy) is 1. The second-order valence-corrected chi connectivity index (χ2v) is 14.9. The highest BCUT2D eigenvalue weighted by molar-refractivity contribution is 9.09. The second-order valence-electron chi connectivity index (χ2n) is 9.52. The number of pyridine rings is 1. The molecule has 1 N–H and O–H groups in total. The number of halogens is 1. The molecule has 0 saturated carbocycles. The molecule has 0 aliphatic rings. The van der Waals surface area contributed by atoms with E-state index in [0.717, 1.165) is 27.6 Å². The van der Waals surface area contributed by atoms with Crippen LogP contribution in [0.3, 0.4) is 0 Å². The van der Waals surface area contributed by atoms with Crippen LogP contribution in [0.25, 0.3) is 10.9 Å². The molecule has 31 heavy (non-hydrogen) atoms. The molecule has 4 nitrogen and oxygen atoms in total. The summed E-state index contributed by atoms with van der Waals surface area (Å²) in [6.45, 7) is 13.7. The summed E-state index contributed by atoms with van der Waals surface area (Å²) in [7, 11) is -1.99. The molecule has 0 radical (unpaired) electrons. The Hall–Kier alpha value is -1.89. The molecule has 0 fully saturated rings. The van der Waals surface area contributed by atoms with Crippen molar-refractivity contribution in [2.75, 3.05) is 5.33 Å². The van der Waals surface area contributed by atoms with Crippen molar-refractivity contribution in [3.8, 4) is 5.75 Å².